The molecule has 0 aliphatic carbocycles. The van der Waals surface area contributed by atoms with Crippen LogP contribution in [0.4, 0.5) is 4.39 Å². The van der Waals surface area contributed by atoms with Gasteiger partial charge in [0, 0.05) is 22.4 Å². The first-order valence-electron chi connectivity index (χ1n) is 11.9. The molecule has 0 saturated carbocycles. The molecule has 0 aliphatic heterocycles. The lowest BCUT2D eigenvalue weighted by Gasteiger charge is -2.28. The predicted octanol–water partition coefficient (Wildman–Crippen LogP) is 6.27. The van der Waals surface area contributed by atoms with Crippen LogP contribution in [-0.2, 0) is 16.8 Å². The number of methoxy groups -OCH3 is 2. The summed E-state index contributed by atoms with van der Waals surface area (Å²) >= 11 is 1.59. The van der Waals surface area contributed by atoms with Crippen molar-refractivity contribution >= 4 is 11.8 Å². The van der Waals surface area contributed by atoms with Gasteiger partial charge < -0.3 is 18.7 Å². The Hall–Kier alpha value is -3.30. The van der Waals surface area contributed by atoms with E-state index in [1.54, 1.807) is 38.1 Å². The molecule has 2 heterocycles. The number of thioether (sulfide) groups is 1. The standard InChI is InChI=1S/C28H32FN3O4S/c1-18-23(19(2)36-31-18)17-35-13-14-37-27-30-16-26(32(27)22-10-8-21(29)9-11-22)28(3,4)20-7-12-24(33-5)25(15-20)34-6/h7-12,15-16H,13-14,17H2,1-6H3. The molecule has 37 heavy (non-hydrogen) atoms. The van der Waals surface area contributed by atoms with E-state index >= 15 is 0 Å². The highest BCUT2D eigenvalue weighted by Gasteiger charge is 2.30. The molecule has 4 rings (SSSR count). The third-order valence-electron chi connectivity index (χ3n) is 6.45. The van der Waals surface area contributed by atoms with Gasteiger partial charge in [-0.3, -0.25) is 4.57 Å². The summed E-state index contributed by atoms with van der Waals surface area (Å²) < 4.78 is 37.9. The summed E-state index contributed by atoms with van der Waals surface area (Å²) in [6, 6.07) is 12.4. The van der Waals surface area contributed by atoms with Gasteiger partial charge in [-0.1, -0.05) is 36.8 Å². The third kappa shape index (κ3) is 5.67. The minimum atomic E-state index is -0.445. The Bertz CT molecular complexity index is 1330. The number of imidazole rings is 1. The fourth-order valence-corrected chi connectivity index (χ4v) is 5.01. The molecule has 0 bridgehead atoms. The van der Waals surface area contributed by atoms with Gasteiger partial charge in [-0.25, -0.2) is 9.37 Å². The average molecular weight is 526 g/mol. The van der Waals surface area contributed by atoms with E-state index in [1.807, 2.05) is 38.2 Å². The molecule has 0 unspecified atom stereocenters. The molecule has 7 nitrogen and oxygen atoms in total. The molecule has 9 heteroatoms. The van der Waals surface area contributed by atoms with Crippen molar-refractivity contribution in [2.75, 3.05) is 26.6 Å². The Labute approximate surface area is 220 Å². The lowest BCUT2D eigenvalue weighted by Crippen LogP contribution is -2.23. The zero-order valence-electron chi connectivity index (χ0n) is 22.0. The fourth-order valence-electron chi connectivity index (χ4n) is 4.16. The van der Waals surface area contributed by atoms with Gasteiger partial charge in [-0.05, 0) is 55.8 Å². The van der Waals surface area contributed by atoms with Crippen molar-refractivity contribution in [3.8, 4) is 17.2 Å². The van der Waals surface area contributed by atoms with E-state index in [0.717, 1.165) is 39.1 Å². The highest BCUT2D eigenvalue weighted by atomic mass is 32.2. The Kier molecular flexibility index (Phi) is 8.24. The normalized spacial score (nSPS) is 11.6. The van der Waals surface area contributed by atoms with Crippen LogP contribution in [0.5, 0.6) is 11.5 Å². The molecule has 196 valence electrons. The Morgan fingerprint density at radius 3 is 2.41 bits per heavy atom. The van der Waals surface area contributed by atoms with Crippen LogP contribution in [0.2, 0.25) is 0 Å². The van der Waals surface area contributed by atoms with Crippen molar-refractivity contribution in [2.45, 2.75) is 44.9 Å². The molecule has 0 fully saturated rings. The van der Waals surface area contributed by atoms with E-state index in [4.69, 9.17) is 23.7 Å². The minimum Gasteiger partial charge on any atom is -0.493 e. The third-order valence-corrected chi connectivity index (χ3v) is 7.36. The van der Waals surface area contributed by atoms with Crippen molar-refractivity contribution in [1.29, 1.82) is 0 Å². The van der Waals surface area contributed by atoms with Crippen LogP contribution in [0, 0.1) is 19.7 Å². The zero-order chi connectivity index (χ0) is 26.6. The van der Waals surface area contributed by atoms with Crippen LogP contribution in [0.1, 0.15) is 42.1 Å². The number of hydrogen-bond acceptors (Lipinski definition) is 7. The number of hydrogen-bond donors (Lipinski definition) is 0. The van der Waals surface area contributed by atoms with E-state index < -0.39 is 5.41 Å². The Morgan fingerprint density at radius 2 is 1.76 bits per heavy atom. The van der Waals surface area contributed by atoms with Gasteiger partial charge in [-0.15, -0.1) is 0 Å². The molecule has 0 aliphatic rings. The van der Waals surface area contributed by atoms with Crippen LogP contribution < -0.4 is 9.47 Å². The Morgan fingerprint density at radius 1 is 1.03 bits per heavy atom. The van der Waals surface area contributed by atoms with E-state index in [1.165, 1.54) is 12.1 Å². The monoisotopic (exact) mass is 525 g/mol. The number of benzene rings is 2. The second-order valence-electron chi connectivity index (χ2n) is 9.14. The van der Waals surface area contributed by atoms with Crippen molar-refractivity contribution in [3.63, 3.8) is 0 Å². The average Bonchev–Trinajstić information content (AvgIpc) is 3.47. The summed E-state index contributed by atoms with van der Waals surface area (Å²) in [4.78, 5) is 4.75. The van der Waals surface area contributed by atoms with Crippen LogP contribution in [0.3, 0.4) is 0 Å². The first kappa shape index (κ1) is 26.8. The summed E-state index contributed by atoms with van der Waals surface area (Å²) in [5, 5.41) is 4.77. The van der Waals surface area contributed by atoms with Crippen molar-refractivity contribution in [1.82, 2.24) is 14.7 Å². The van der Waals surface area contributed by atoms with E-state index in [9.17, 15) is 4.39 Å². The smallest absolute Gasteiger partial charge is 0.172 e. The molecular weight excluding hydrogens is 493 g/mol. The zero-order valence-corrected chi connectivity index (χ0v) is 22.8. The van der Waals surface area contributed by atoms with Crippen LogP contribution in [0.25, 0.3) is 5.69 Å². The van der Waals surface area contributed by atoms with Gasteiger partial charge in [0.25, 0.3) is 0 Å². The first-order valence-corrected chi connectivity index (χ1v) is 12.9. The maximum absolute atomic E-state index is 13.8. The van der Waals surface area contributed by atoms with Crippen LogP contribution in [0.15, 0.2) is 58.3 Å². The van der Waals surface area contributed by atoms with Crippen molar-refractivity contribution in [3.05, 3.63) is 82.8 Å². The molecule has 0 saturated heterocycles. The van der Waals surface area contributed by atoms with Crippen molar-refractivity contribution < 1.29 is 23.1 Å². The van der Waals surface area contributed by atoms with Gasteiger partial charge in [-0.2, -0.15) is 0 Å². The first-order chi connectivity index (χ1) is 17.8. The summed E-state index contributed by atoms with van der Waals surface area (Å²) in [6.07, 6.45) is 1.88. The second-order valence-corrected chi connectivity index (χ2v) is 10.2. The molecule has 0 radical (unpaired) electrons. The highest BCUT2D eigenvalue weighted by Crippen LogP contribution is 2.39. The van der Waals surface area contributed by atoms with Crippen LogP contribution in [-0.4, -0.2) is 41.3 Å². The molecule has 0 spiro atoms. The van der Waals surface area contributed by atoms with Crippen LogP contribution >= 0.6 is 11.8 Å². The summed E-state index contributed by atoms with van der Waals surface area (Å²) in [7, 11) is 3.24. The number of nitrogens with zero attached hydrogens (tertiary/aromatic N) is 3. The molecule has 0 atom stereocenters. The summed E-state index contributed by atoms with van der Waals surface area (Å²) in [6.45, 7) is 9.03. The maximum atomic E-state index is 13.8. The Balaban J connectivity index is 1.60. The summed E-state index contributed by atoms with van der Waals surface area (Å²) in [5.41, 5.74) is 4.22. The quantitative estimate of drug-likeness (QED) is 0.169. The van der Waals surface area contributed by atoms with E-state index in [2.05, 4.69) is 23.6 Å². The van der Waals surface area contributed by atoms with Gasteiger partial charge in [0.2, 0.25) is 0 Å². The fraction of sp³-hybridized carbons (Fsp3) is 0.357. The number of halogens is 1. The van der Waals surface area contributed by atoms with E-state index in [0.29, 0.717) is 30.5 Å². The van der Waals surface area contributed by atoms with Crippen molar-refractivity contribution in [2.24, 2.45) is 0 Å². The molecule has 2 aromatic heterocycles. The predicted molar refractivity (Wildman–Crippen MR) is 142 cm³/mol. The number of rotatable bonds is 11. The molecule has 4 aromatic rings. The van der Waals surface area contributed by atoms with Gasteiger partial charge in [0.05, 0.1) is 45.0 Å². The number of aromatic nitrogens is 3. The molecule has 2 aromatic carbocycles. The SMILES string of the molecule is COc1ccc(C(C)(C)c2cnc(SCCOCc3c(C)noc3C)n2-c2ccc(F)cc2)cc1OC. The van der Waals surface area contributed by atoms with Gasteiger partial charge in [0.1, 0.15) is 11.6 Å². The van der Waals surface area contributed by atoms with E-state index in [-0.39, 0.29) is 5.82 Å². The molecule has 0 amide bonds. The lowest BCUT2D eigenvalue weighted by atomic mass is 9.81. The number of ether oxygens (including phenoxy) is 3. The molecular formula is C28H32FN3O4S. The second kappa shape index (κ2) is 11.4. The van der Waals surface area contributed by atoms with Gasteiger partial charge in [0.15, 0.2) is 16.7 Å². The molecule has 0 N–H and O–H groups in total. The number of aryl methyl sites for hydroxylation is 2. The largest absolute Gasteiger partial charge is 0.493 e. The topological polar surface area (TPSA) is 71.5 Å². The lowest BCUT2D eigenvalue weighted by molar-refractivity contribution is 0.135. The highest BCUT2D eigenvalue weighted by molar-refractivity contribution is 7.99. The summed E-state index contributed by atoms with van der Waals surface area (Å²) in [5.74, 6) is 2.51. The minimum absolute atomic E-state index is 0.286. The van der Waals surface area contributed by atoms with Gasteiger partial charge >= 0.3 is 0 Å². The maximum Gasteiger partial charge on any atom is 0.172 e.